The normalized spacial score (nSPS) is 11.3. The minimum Gasteiger partial charge on any atom is -0.496 e. The van der Waals surface area contributed by atoms with E-state index in [4.69, 9.17) is 15.6 Å². The standard InChI is InChI=1S/C16H19N5O/c1-9(2)21-16-13(15(17)18-8-19-16)14(20-21)11-6-5-10(3)12(7-11)22-4/h5-9H,1-4H3,(H2,17,18,19). The van der Waals surface area contributed by atoms with E-state index in [1.807, 2.05) is 29.8 Å². The largest absolute Gasteiger partial charge is 0.496 e. The van der Waals surface area contributed by atoms with E-state index in [1.54, 1.807) is 7.11 Å². The molecule has 6 heteroatoms. The second-order valence-electron chi connectivity index (χ2n) is 5.53. The van der Waals surface area contributed by atoms with Crippen molar-refractivity contribution in [3.63, 3.8) is 0 Å². The highest BCUT2D eigenvalue weighted by molar-refractivity contribution is 5.98. The van der Waals surface area contributed by atoms with Crippen LogP contribution in [0.5, 0.6) is 5.75 Å². The minimum atomic E-state index is 0.179. The van der Waals surface area contributed by atoms with Gasteiger partial charge in [0.15, 0.2) is 5.65 Å². The minimum absolute atomic E-state index is 0.179. The fourth-order valence-corrected chi connectivity index (χ4v) is 2.52. The third-order valence-corrected chi connectivity index (χ3v) is 3.69. The average Bonchev–Trinajstić information content (AvgIpc) is 2.89. The number of benzene rings is 1. The molecule has 0 amide bonds. The van der Waals surface area contributed by atoms with Crippen molar-refractivity contribution >= 4 is 16.9 Å². The molecule has 0 radical (unpaired) electrons. The van der Waals surface area contributed by atoms with Crippen molar-refractivity contribution < 1.29 is 4.74 Å². The summed E-state index contributed by atoms with van der Waals surface area (Å²) < 4.78 is 7.28. The van der Waals surface area contributed by atoms with Crippen LogP contribution in [-0.2, 0) is 0 Å². The van der Waals surface area contributed by atoms with Crippen molar-refractivity contribution in [2.45, 2.75) is 26.8 Å². The van der Waals surface area contributed by atoms with Gasteiger partial charge in [-0.3, -0.25) is 0 Å². The Bertz CT molecular complexity index is 838. The van der Waals surface area contributed by atoms with E-state index in [0.29, 0.717) is 5.82 Å². The van der Waals surface area contributed by atoms with Gasteiger partial charge in [0.05, 0.1) is 12.5 Å². The lowest BCUT2D eigenvalue weighted by Crippen LogP contribution is -2.04. The molecule has 2 N–H and O–H groups in total. The van der Waals surface area contributed by atoms with Crippen molar-refractivity contribution in [3.8, 4) is 17.0 Å². The first-order chi connectivity index (χ1) is 10.5. The number of aryl methyl sites for hydroxylation is 1. The molecule has 0 aliphatic rings. The van der Waals surface area contributed by atoms with E-state index in [2.05, 4.69) is 23.8 Å². The van der Waals surface area contributed by atoms with Crippen molar-refractivity contribution in [2.75, 3.05) is 12.8 Å². The molecular formula is C16H19N5O. The molecule has 0 unspecified atom stereocenters. The van der Waals surface area contributed by atoms with Crippen LogP contribution in [0.2, 0.25) is 0 Å². The topological polar surface area (TPSA) is 78.8 Å². The molecule has 0 bridgehead atoms. The Morgan fingerprint density at radius 1 is 1.23 bits per heavy atom. The zero-order chi connectivity index (χ0) is 15.9. The summed E-state index contributed by atoms with van der Waals surface area (Å²) in [5.41, 5.74) is 9.61. The van der Waals surface area contributed by atoms with E-state index in [0.717, 1.165) is 33.6 Å². The predicted octanol–water partition coefficient (Wildman–Crippen LogP) is 2.97. The molecule has 22 heavy (non-hydrogen) atoms. The number of methoxy groups -OCH3 is 1. The fourth-order valence-electron chi connectivity index (χ4n) is 2.52. The summed E-state index contributed by atoms with van der Waals surface area (Å²) in [6.07, 6.45) is 1.47. The van der Waals surface area contributed by atoms with Gasteiger partial charge in [0.25, 0.3) is 0 Å². The molecular weight excluding hydrogens is 278 g/mol. The summed E-state index contributed by atoms with van der Waals surface area (Å²) in [7, 11) is 1.66. The summed E-state index contributed by atoms with van der Waals surface area (Å²) in [4.78, 5) is 8.46. The number of nitrogens with two attached hydrogens (primary N) is 1. The molecule has 3 aromatic rings. The van der Waals surface area contributed by atoms with Crippen LogP contribution in [0.25, 0.3) is 22.3 Å². The Morgan fingerprint density at radius 2 is 2.00 bits per heavy atom. The average molecular weight is 297 g/mol. The van der Waals surface area contributed by atoms with Gasteiger partial charge in [-0.15, -0.1) is 0 Å². The van der Waals surface area contributed by atoms with Gasteiger partial charge in [-0.1, -0.05) is 12.1 Å². The molecule has 6 nitrogen and oxygen atoms in total. The zero-order valence-electron chi connectivity index (χ0n) is 13.2. The molecule has 1 aromatic carbocycles. The van der Waals surface area contributed by atoms with E-state index in [1.165, 1.54) is 6.33 Å². The third kappa shape index (κ3) is 2.16. The van der Waals surface area contributed by atoms with E-state index >= 15 is 0 Å². The van der Waals surface area contributed by atoms with Gasteiger partial charge >= 0.3 is 0 Å². The number of fused-ring (bicyclic) bond motifs is 1. The van der Waals surface area contributed by atoms with Crippen molar-refractivity contribution in [1.82, 2.24) is 19.7 Å². The highest BCUT2D eigenvalue weighted by Gasteiger charge is 2.18. The van der Waals surface area contributed by atoms with Gasteiger partial charge in [-0.2, -0.15) is 5.10 Å². The lowest BCUT2D eigenvalue weighted by molar-refractivity contribution is 0.412. The molecule has 2 aromatic heterocycles. The molecule has 0 atom stereocenters. The maximum Gasteiger partial charge on any atom is 0.164 e. The van der Waals surface area contributed by atoms with Crippen molar-refractivity contribution in [1.29, 1.82) is 0 Å². The van der Waals surface area contributed by atoms with Crippen LogP contribution in [0.1, 0.15) is 25.5 Å². The Labute approximate surface area is 128 Å². The fraction of sp³-hybridized carbons (Fsp3) is 0.312. The van der Waals surface area contributed by atoms with Crippen LogP contribution >= 0.6 is 0 Å². The molecule has 114 valence electrons. The number of hydrogen-bond acceptors (Lipinski definition) is 5. The first kappa shape index (κ1) is 14.3. The van der Waals surface area contributed by atoms with Crippen LogP contribution in [0.15, 0.2) is 24.5 Å². The molecule has 0 fully saturated rings. The second kappa shape index (κ2) is 5.29. The number of anilines is 1. The maximum absolute atomic E-state index is 6.07. The number of nitrogens with zero attached hydrogens (tertiary/aromatic N) is 4. The van der Waals surface area contributed by atoms with Gasteiger partial charge in [0.2, 0.25) is 0 Å². The highest BCUT2D eigenvalue weighted by atomic mass is 16.5. The Kier molecular flexibility index (Phi) is 3.44. The molecule has 0 aliphatic carbocycles. The van der Waals surface area contributed by atoms with Gasteiger partial charge < -0.3 is 10.5 Å². The summed E-state index contributed by atoms with van der Waals surface area (Å²) in [6, 6.07) is 6.16. The Morgan fingerprint density at radius 3 is 2.68 bits per heavy atom. The van der Waals surface area contributed by atoms with E-state index in [9.17, 15) is 0 Å². The molecule has 0 spiro atoms. The first-order valence-corrected chi connectivity index (χ1v) is 7.16. The summed E-state index contributed by atoms with van der Waals surface area (Å²) in [5, 5.41) is 5.48. The summed E-state index contributed by atoms with van der Waals surface area (Å²) in [6.45, 7) is 6.12. The molecule has 3 rings (SSSR count). The maximum atomic E-state index is 6.07. The van der Waals surface area contributed by atoms with Crippen LogP contribution < -0.4 is 10.5 Å². The van der Waals surface area contributed by atoms with Crippen LogP contribution in [0.3, 0.4) is 0 Å². The third-order valence-electron chi connectivity index (χ3n) is 3.69. The predicted molar refractivity (Wildman–Crippen MR) is 86.8 cm³/mol. The lowest BCUT2D eigenvalue weighted by atomic mass is 10.1. The summed E-state index contributed by atoms with van der Waals surface area (Å²) >= 11 is 0. The Hall–Kier alpha value is -2.63. The van der Waals surface area contributed by atoms with Crippen LogP contribution in [-0.4, -0.2) is 26.9 Å². The molecule has 0 saturated heterocycles. The van der Waals surface area contributed by atoms with Crippen molar-refractivity contribution in [3.05, 3.63) is 30.1 Å². The van der Waals surface area contributed by atoms with Crippen molar-refractivity contribution in [2.24, 2.45) is 0 Å². The zero-order valence-corrected chi connectivity index (χ0v) is 13.2. The highest BCUT2D eigenvalue weighted by Crippen LogP contribution is 2.33. The number of nitrogen functional groups attached to an aromatic ring is 1. The monoisotopic (exact) mass is 297 g/mol. The second-order valence-corrected chi connectivity index (χ2v) is 5.53. The van der Waals surface area contributed by atoms with Gasteiger partial charge in [0.1, 0.15) is 23.6 Å². The summed E-state index contributed by atoms with van der Waals surface area (Å²) in [5.74, 6) is 1.26. The van der Waals surface area contributed by atoms with Gasteiger partial charge in [0, 0.05) is 11.6 Å². The number of hydrogen-bond donors (Lipinski definition) is 1. The molecule has 0 saturated carbocycles. The van der Waals surface area contributed by atoms with E-state index < -0.39 is 0 Å². The molecule has 0 aliphatic heterocycles. The lowest BCUT2D eigenvalue weighted by Gasteiger charge is -2.07. The van der Waals surface area contributed by atoms with Gasteiger partial charge in [-0.05, 0) is 32.4 Å². The Balaban J connectivity index is 2.31. The number of aromatic nitrogens is 4. The number of rotatable bonds is 3. The number of ether oxygens (including phenoxy) is 1. The SMILES string of the molecule is COc1cc(-c2nn(C(C)C)c3ncnc(N)c23)ccc1C. The first-order valence-electron chi connectivity index (χ1n) is 7.16. The van der Waals surface area contributed by atoms with Crippen LogP contribution in [0, 0.1) is 6.92 Å². The van der Waals surface area contributed by atoms with E-state index in [-0.39, 0.29) is 6.04 Å². The smallest absolute Gasteiger partial charge is 0.164 e. The quantitative estimate of drug-likeness (QED) is 0.804. The van der Waals surface area contributed by atoms with Gasteiger partial charge in [-0.25, -0.2) is 14.6 Å². The van der Waals surface area contributed by atoms with Crippen LogP contribution in [0.4, 0.5) is 5.82 Å². The molecule has 2 heterocycles.